The third-order valence-corrected chi connectivity index (χ3v) is 6.68. The van der Waals surface area contributed by atoms with Crippen molar-refractivity contribution in [2.24, 2.45) is 0 Å². The molecule has 1 aliphatic rings. The van der Waals surface area contributed by atoms with Crippen LogP contribution < -0.4 is 0 Å². The molecule has 1 amide bonds. The molecule has 0 N–H and O–H groups in total. The summed E-state index contributed by atoms with van der Waals surface area (Å²) in [5.41, 5.74) is 2.39. The van der Waals surface area contributed by atoms with Gasteiger partial charge < -0.3 is 4.90 Å². The van der Waals surface area contributed by atoms with E-state index in [1.807, 2.05) is 24.8 Å². The molecular formula is C19H21ClN6OS. The van der Waals surface area contributed by atoms with Crippen molar-refractivity contribution in [2.75, 3.05) is 13.1 Å². The van der Waals surface area contributed by atoms with Crippen LogP contribution in [0.25, 0.3) is 10.6 Å². The first kappa shape index (κ1) is 19.0. The Morgan fingerprint density at radius 3 is 2.82 bits per heavy atom. The summed E-state index contributed by atoms with van der Waals surface area (Å²) < 4.78 is 1.66. The van der Waals surface area contributed by atoms with E-state index in [1.165, 1.54) is 6.20 Å². The van der Waals surface area contributed by atoms with E-state index in [4.69, 9.17) is 16.6 Å². The van der Waals surface area contributed by atoms with Crippen LogP contribution in [-0.2, 0) is 6.54 Å². The van der Waals surface area contributed by atoms with Gasteiger partial charge in [-0.3, -0.25) is 9.48 Å². The van der Waals surface area contributed by atoms with Gasteiger partial charge in [-0.2, -0.15) is 5.10 Å². The van der Waals surface area contributed by atoms with E-state index in [0.29, 0.717) is 36.3 Å². The molecule has 7 nitrogen and oxygen atoms in total. The minimum absolute atomic E-state index is 0.0419. The Hall–Kier alpha value is -2.32. The van der Waals surface area contributed by atoms with Gasteiger partial charge in [0.05, 0.1) is 32.5 Å². The van der Waals surface area contributed by atoms with Gasteiger partial charge in [-0.25, -0.2) is 15.0 Å². The van der Waals surface area contributed by atoms with Gasteiger partial charge in [0.2, 0.25) is 0 Å². The SMILES string of the molecule is CCn1ncc(Cl)c1C(=O)N1CCC(c2nc(C)c(-c3ccncn3)s2)CC1. The second-order valence-electron chi connectivity index (χ2n) is 6.78. The highest BCUT2D eigenvalue weighted by Gasteiger charge is 2.29. The largest absolute Gasteiger partial charge is 0.337 e. The molecule has 9 heteroatoms. The Balaban J connectivity index is 1.46. The van der Waals surface area contributed by atoms with Crippen molar-refractivity contribution < 1.29 is 4.79 Å². The number of rotatable bonds is 4. The van der Waals surface area contributed by atoms with Crippen molar-refractivity contribution in [2.45, 2.75) is 39.2 Å². The molecule has 1 fully saturated rings. The van der Waals surface area contributed by atoms with Crippen molar-refractivity contribution in [3.8, 4) is 10.6 Å². The molecule has 4 rings (SSSR count). The summed E-state index contributed by atoms with van der Waals surface area (Å²) in [5, 5.41) is 5.71. The van der Waals surface area contributed by atoms with Crippen molar-refractivity contribution in [1.82, 2.24) is 29.6 Å². The monoisotopic (exact) mass is 416 g/mol. The number of carbonyl (C=O) groups is 1. The van der Waals surface area contributed by atoms with E-state index in [0.717, 1.165) is 34.1 Å². The van der Waals surface area contributed by atoms with Gasteiger partial charge in [-0.15, -0.1) is 11.3 Å². The fourth-order valence-electron chi connectivity index (χ4n) is 3.55. The molecule has 1 aliphatic heterocycles. The lowest BCUT2D eigenvalue weighted by Crippen LogP contribution is -2.39. The van der Waals surface area contributed by atoms with Crippen LogP contribution in [0.15, 0.2) is 24.8 Å². The topological polar surface area (TPSA) is 76.8 Å². The second kappa shape index (κ2) is 7.97. The summed E-state index contributed by atoms with van der Waals surface area (Å²) in [6.07, 6.45) is 6.62. The summed E-state index contributed by atoms with van der Waals surface area (Å²) in [5.74, 6) is 0.315. The molecule has 0 aromatic carbocycles. The van der Waals surface area contributed by atoms with Crippen LogP contribution in [0, 0.1) is 6.92 Å². The summed E-state index contributed by atoms with van der Waals surface area (Å²) in [7, 11) is 0. The molecule has 1 saturated heterocycles. The molecule has 4 heterocycles. The van der Waals surface area contributed by atoms with Crippen molar-refractivity contribution in [3.05, 3.63) is 46.2 Å². The number of nitrogens with zero attached hydrogens (tertiary/aromatic N) is 6. The molecule has 0 spiro atoms. The zero-order chi connectivity index (χ0) is 19.7. The van der Waals surface area contributed by atoms with Crippen LogP contribution >= 0.6 is 22.9 Å². The number of hydrogen-bond donors (Lipinski definition) is 0. The van der Waals surface area contributed by atoms with Gasteiger partial charge in [-0.1, -0.05) is 11.6 Å². The Bertz CT molecular complexity index is 978. The zero-order valence-corrected chi connectivity index (χ0v) is 17.4. The lowest BCUT2D eigenvalue weighted by atomic mass is 9.97. The van der Waals surface area contributed by atoms with Gasteiger partial charge >= 0.3 is 0 Å². The summed E-state index contributed by atoms with van der Waals surface area (Å²) in [6, 6.07) is 1.91. The Kier molecular flexibility index (Phi) is 5.41. The van der Waals surface area contributed by atoms with Gasteiger partial charge in [0.1, 0.15) is 12.0 Å². The Morgan fingerprint density at radius 1 is 1.36 bits per heavy atom. The van der Waals surface area contributed by atoms with E-state index in [1.54, 1.807) is 28.5 Å². The average Bonchev–Trinajstić information content (AvgIpc) is 3.30. The number of halogens is 1. The molecule has 146 valence electrons. The number of likely N-dealkylation sites (tertiary alicyclic amines) is 1. The Labute approximate surface area is 172 Å². The standard InChI is InChI=1S/C19H21ClN6OS/c1-3-26-16(14(20)10-23-26)19(27)25-8-5-13(6-9-25)18-24-12(2)17(28-18)15-4-7-21-11-22-15/h4,7,10-11,13H,3,5-6,8-9H2,1-2H3. The lowest BCUT2D eigenvalue weighted by molar-refractivity contribution is 0.0700. The zero-order valence-electron chi connectivity index (χ0n) is 15.8. The van der Waals surface area contributed by atoms with Crippen LogP contribution in [0.3, 0.4) is 0 Å². The van der Waals surface area contributed by atoms with Crippen LogP contribution in [0.5, 0.6) is 0 Å². The highest BCUT2D eigenvalue weighted by molar-refractivity contribution is 7.15. The fourth-order valence-corrected chi connectivity index (χ4v) is 4.98. The van der Waals surface area contributed by atoms with E-state index in [2.05, 4.69) is 15.1 Å². The van der Waals surface area contributed by atoms with Gasteiger partial charge in [-0.05, 0) is 32.8 Å². The first-order valence-corrected chi connectivity index (χ1v) is 10.5. The maximum absolute atomic E-state index is 12.9. The lowest BCUT2D eigenvalue weighted by Gasteiger charge is -2.31. The highest BCUT2D eigenvalue weighted by atomic mass is 35.5. The second-order valence-corrected chi connectivity index (χ2v) is 8.22. The van der Waals surface area contributed by atoms with Crippen LogP contribution in [0.4, 0.5) is 0 Å². The number of aryl methyl sites for hydroxylation is 2. The van der Waals surface area contributed by atoms with E-state index < -0.39 is 0 Å². The van der Waals surface area contributed by atoms with Gasteiger partial charge in [0.15, 0.2) is 0 Å². The summed E-state index contributed by atoms with van der Waals surface area (Å²) in [6.45, 7) is 5.97. The number of piperidine rings is 1. The van der Waals surface area contributed by atoms with Crippen LogP contribution in [0.2, 0.25) is 5.02 Å². The summed E-state index contributed by atoms with van der Waals surface area (Å²) in [4.78, 5) is 29.0. The molecule has 0 aliphatic carbocycles. The van der Waals surface area contributed by atoms with E-state index in [9.17, 15) is 4.79 Å². The van der Waals surface area contributed by atoms with Crippen molar-refractivity contribution in [1.29, 1.82) is 0 Å². The van der Waals surface area contributed by atoms with Crippen LogP contribution in [0.1, 0.15) is 46.9 Å². The third-order valence-electron chi connectivity index (χ3n) is 5.06. The van der Waals surface area contributed by atoms with Gasteiger partial charge in [0.25, 0.3) is 5.91 Å². The predicted molar refractivity (Wildman–Crippen MR) is 109 cm³/mol. The number of thiazole rings is 1. The summed E-state index contributed by atoms with van der Waals surface area (Å²) >= 11 is 7.89. The molecular weight excluding hydrogens is 396 g/mol. The number of aromatic nitrogens is 5. The number of hydrogen-bond acceptors (Lipinski definition) is 6. The molecule has 0 radical (unpaired) electrons. The normalized spacial score (nSPS) is 15.2. The van der Waals surface area contributed by atoms with Crippen molar-refractivity contribution in [3.63, 3.8) is 0 Å². The van der Waals surface area contributed by atoms with Crippen LogP contribution in [-0.4, -0.2) is 48.6 Å². The minimum Gasteiger partial charge on any atom is -0.337 e. The molecule has 0 saturated carbocycles. The maximum Gasteiger partial charge on any atom is 0.273 e. The molecule has 0 atom stereocenters. The van der Waals surface area contributed by atoms with Crippen molar-refractivity contribution >= 4 is 28.8 Å². The first-order valence-electron chi connectivity index (χ1n) is 9.32. The molecule has 3 aromatic heterocycles. The van der Waals surface area contributed by atoms with Gasteiger partial charge in [0, 0.05) is 31.7 Å². The average molecular weight is 417 g/mol. The van der Waals surface area contributed by atoms with E-state index >= 15 is 0 Å². The molecule has 28 heavy (non-hydrogen) atoms. The highest BCUT2D eigenvalue weighted by Crippen LogP contribution is 2.36. The fraction of sp³-hybridized carbons (Fsp3) is 0.421. The first-order chi connectivity index (χ1) is 13.6. The predicted octanol–water partition coefficient (Wildman–Crippen LogP) is 3.80. The molecule has 3 aromatic rings. The third kappa shape index (κ3) is 3.54. The maximum atomic E-state index is 12.9. The minimum atomic E-state index is -0.0419. The number of amides is 1. The quantitative estimate of drug-likeness (QED) is 0.646. The Morgan fingerprint density at radius 2 is 2.14 bits per heavy atom. The molecule has 0 unspecified atom stereocenters. The smallest absolute Gasteiger partial charge is 0.273 e. The molecule has 0 bridgehead atoms. The number of carbonyl (C=O) groups excluding carboxylic acids is 1. The van der Waals surface area contributed by atoms with E-state index in [-0.39, 0.29) is 5.91 Å².